The maximum Gasteiger partial charge on any atom is 0.289 e. The summed E-state index contributed by atoms with van der Waals surface area (Å²) in [6.07, 6.45) is 2.53. The highest BCUT2D eigenvalue weighted by Crippen LogP contribution is 2.10. The number of rotatable bonds is 2. The zero-order valence-electron chi connectivity index (χ0n) is 6.91. The average Bonchev–Trinajstić information content (AvgIpc) is 2.55. The molecule has 1 aliphatic rings. The average molecular weight is 166 g/mol. The maximum atomic E-state index is 11.3. The molecule has 12 heavy (non-hydrogen) atoms. The van der Waals surface area contributed by atoms with Crippen LogP contribution in [-0.4, -0.2) is 31.0 Å². The molecule has 64 valence electrons. The molecule has 0 spiro atoms. The van der Waals surface area contributed by atoms with Crippen molar-refractivity contribution in [1.29, 1.82) is 5.26 Å². The van der Waals surface area contributed by atoms with Crippen molar-refractivity contribution >= 4 is 5.91 Å². The molecule has 0 N–H and O–H groups in total. The number of amides is 1. The van der Waals surface area contributed by atoms with Gasteiger partial charge in [-0.15, -0.1) is 0 Å². The number of ether oxygens (including phenoxy) is 1. The highest BCUT2D eigenvalue weighted by Gasteiger charge is 2.18. The molecule has 0 radical (unpaired) electrons. The third kappa shape index (κ3) is 1.76. The Morgan fingerprint density at radius 2 is 2.67 bits per heavy atom. The topological polar surface area (TPSA) is 53.3 Å². The van der Waals surface area contributed by atoms with Crippen LogP contribution in [0.5, 0.6) is 0 Å². The highest BCUT2D eigenvalue weighted by molar-refractivity contribution is 5.91. The molecule has 0 aromatic carbocycles. The van der Waals surface area contributed by atoms with Gasteiger partial charge in [0.05, 0.1) is 12.7 Å². The van der Waals surface area contributed by atoms with Crippen LogP contribution in [0.4, 0.5) is 0 Å². The first kappa shape index (κ1) is 8.60. The maximum absolute atomic E-state index is 11.3. The fourth-order valence-electron chi connectivity index (χ4n) is 0.933. The van der Waals surface area contributed by atoms with Gasteiger partial charge in [0.2, 0.25) is 0 Å². The minimum Gasteiger partial charge on any atom is -0.488 e. The Kier molecular flexibility index (Phi) is 2.70. The normalized spacial score (nSPS) is 14.5. The van der Waals surface area contributed by atoms with E-state index in [1.807, 2.05) is 6.07 Å². The van der Waals surface area contributed by atoms with E-state index in [2.05, 4.69) is 0 Å². The van der Waals surface area contributed by atoms with E-state index in [1.54, 1.807) is 13.1 Å². The fourth-order valence-corrected chi connectivity index (χ4v) is 0.933. The smallest absolute Gasteiger partial charge is 0.289 e. The number of nitriles is 1. The summed E-state index contributed by atoms with van der Waals surface area (Å²) in [6, 6.07) is 1.89. The molecular formula is C8H10N2O2. The Bertz CT molecular complexity index is 252. The molecule has 0 saturated heterocycles. The molecule has 1 aliphatic heterocycles. The van der Waals surface area contributed by atoms with Crippen molar-refractivity contribution in [2.75, 3.05) is 20.2 Å². The summed E-state index contributed by atoms with van der Waals surface area (Å²) >= 11 is 0. The van der Waals surface area contributed by atoms with Gasteiger partial charge in [-0.1, -0.05) is 0 Å². The predicted molar refractivity (Wildman–Crippen MR) is 41.9 cm³/mol. The molecule has 1 amide bonds. The van der Waals surface area contributed by atoms with Gasteiger partial charge in [-0.3, -0.25) is 4.79 Å². The SMILES string of the molecule is CN(CC#N)C(=O)C1=CCCO1. The van der Waals surface area contributed by atoms with E-state index in [4.69, 9.17) is 10.00 Å². The van der Waals surface area contributed by atoms with Crippen LogP contribution in [0.25, 0.3) is 0 Å². The summed E-state index contributed by atoms with van der Waals surface area (Å²) in [6.45, 7) is 0.668. The van der Waals surface area contributed by atoms with Crippen LogP contribution in [-0.2, 0) is 9.53 Å². The lowest BCUT2D eigenvalue weighted by Crippen LogP contribution is -2.28. The van der Waals surface area contributed by atoms with Gasteiger partial charge in [0.1, 0.15) is 6.54 Å². The second-order valence-corrected chi connectivity index (χ2v) is 2.52. The van der Waals surface area contributed by atoms with Crippen LogP contribution in [0.3, 0.4) is 0 Å². The van der Waals surface area contributed by atoms with Crippen molar-refractivity contribution < 1.29 is 9.53 Å². The van der Waals surface area contributed by atoms with E-state index in [1.165, 1.54) is 4.90 Å². The quantitative estimate of drug-likeness (QED) is 0.553. The van der Waals surface area contributed by atoms with Crippen molar-refractivity contribution in [3.8, 4) is 6.07 Å². The van der Waals surface area contributed by atoms with Gasteiger partial charge >= 0.3 is 0 Å². The Morgan fingerprint density at radius 3 is 3.17 bits per heavy atom. The van der Waals surface area contributed by atoms with E-state index < -0.39 is 0 Å². The zero-order valence-corrected chi connectivity index (χ0v) is 6.91. The van der Waals surface area contributed by atoms with Crippen molar-refractivity contribution in [3.63, 3.8) is 0 Å². The lowest BCUT2D eigenvalue weighted by molar-refractivity contribution is -0.128. The molecule has 1 heterocycles. The third-order valence-corrected chi connectivity index (χ3v) is 1.57. The van der Waals surface area contributed by atoms with Crippen LogP contribution in [0.1, 0.15) is 6.42 Å². The van der Waals surface area contributed by atoms with Crippen LogP contribution in [0, 0.1) is 11.3 Å². The van der Waals surface area contributed by atoms with E-state index in [0.717, 1.165) is 6.42 Å². The molecule has 0 saturated carbocycles. The molecule has 1 rings (SSSR count). The Morgan fingerprint density at radius 1 is 1.92 bits per heavy atom. The van der Waals surface area contributed by atoms with E-state index >= 15 is 0 Å². The van der Waals surface area contributed by atoms with Crippen molar-refractivity contribution in [3.05, 3.63) is 11.8 Å². The molecule has 0 aromatic heterocycles. The third-order valence-electron chi connectivity index (χ3n) is 1.57. The van der Waals surface area contributed by atoms with Gasteiger partial charge in [0, 0.05) is 13.5 Å². The molecule has 4 heteroatoms. The summed E-state index contributed by atoms with van der Waals surface area (Å²) in [7, 11) is 1.58. The second-order valence-electron chi connectivity index (χ2n) is 2.52. The molecule has 0 aromatic rings. The molecule has 0 bridgehead atoms. The lowest BCUT2D eigenvalue weighted by atomic mass is 10.4. The number of hydrogen-bond donors (Lipinski definition) is 0. The number of carbonyl (C=O) groups is 1. The van der Waals surface area contributed by atoms with Crippen molar-refractivity contribution in [1.82, 2.24) is 4.90 Å². The van der Waals surface area contributed by atoms with E-state index in [0.29, 0.717) is 12.4 Å². The van der Waals surface area contributed by atoms with Crippen LogP contribution < -0.4 is 0 Å². The standard InChI is InChI=1S/C8H10N2O2/c1-10(5-4-9)8(11)7-3-2-6-12-7/h3H,2,5-6H2,1H3. The molecule has 0 atom stereocenters. The first-order valence-corrected chi connectivity index (χ1v) is 3.71. The number of hydrogen-bond acceptors (Lipinski definition) is 3. The van der Waals surface area contributed by atoms with Gasteiger partial charge in [0.25, 0.3) is 5.91 Å². The van der Waals surface area contributed by atoms with Crippen molar-refractivity contribution in [2.45, 2.75) is 6.42 Å². The number of likely N-dealkylation sites (N-methyl/N-ethyl adjacent to an activating group) is 1. The molecule has 0 fully saturated rings. The largest absolute Gasteiger partial charge is 0.488 e. The first-order chi connectivity index (χ1) is 5.75. The Hall–Kier alpha value is -1.50. The fraction of sp³-hybridized carbons (Fsp3) is 0.500. The second kappa shape index (κ2) is 3.77. The summed E-state index contributed by atoms with van der Waals surface area (Å²) < 4.78 is 5.04. The monoisotopic (exact) mass is 166 g/mol. The van der Waals surface area contributed by atoms with Crippen LogP contribution in [0.15, 0.2) is 11.8 Å². The zero-order chi connectivity index (χ0) is 8.97. The lowest BCUT2D eigenvalue weighted by Gasteiger charge is -2.12. The Balaban J connectivity index is 2.53. The van der Waals surface area contributed by atoms with E-state index in [-0.39, 0.29) is 12.5 Å². The van der Waals surface area contributed by atoms with Gasteiger partial charge in [-0.05, 0) is 6.08 Å². The van der Waals surface area contributed by atoms with Gasteiger partial charge in [-0.2, -0.15) is 5.26 Å². The summed E-state index contributed by atoms with van der Waals surface area (Å²) in [5, 5.41) is 8.32. The minimum absolute atomic E-state index is 0.0968. The summed E-state index contributed by atoms with van der Waals surface area (Å²) in [5.41, 5.74) is 0. The van der Waals surface area contributed by atoms with Crippen LogP contribution in [0.2, 0.25) is 0 Å². The molecule has 4 nitrogen and oxygen atoms in total. The molecular weight excluding hydrogens is 156 g/mol. The summed E-state index contributed by atoms with van der Waals surface area (Å²) in [4.78, 5) is 12.6. The van der Waals surface area contributed by atoms with Gasteiger partial charge < -0.3 is 9.64 Å². The van der Waals surface area contributed by atoms with Crippen LogP contribution >= 0.6 is 0 Å². The molecule has 0 unspecified atom stereocenters. The van der Waals surface area contributed by atoms with Crippen molar-refractivity contribution in [2.24, 2.45) is 0 Å². The highest BCUT2D eigenvalue weighted by atomic mass is 16.5. The first-order valence-electron chi connectivity index (χ1n) is 3.71. The number of carbonyl (C=O) groups excluding carboxylic acids is 1. The van der Waals surface area contributed by atoms with Gasteiger partial charge in [0.15, 0.2) is 5.76 Å². The Labute approximate surface area is 71.0 Å². The summed E-state index contributed by atoms with van der Waals surface area (Å²) in [5.74, 6) is 0.154. The van der Waals surface area contributed by atoms with E-state index in [9.17, 15) is 4.79 Å². The predicted octanol–water partition coefficient (Wildman–Crippen LogP) is 0.273. The number of nitrogens with zero attached hydrogens (tertiary/aromatic N) is 2. The minimum atomic E-state index is -0.214. The molecule has 0 aliphatic carbocycles. The van der Waals surface area contributed by atoms with Gasteiger partial charge in [-0.25, -0.2) is 0 Å².